The van der Waals surface area contributed by atoms with E-state index < -0.39 is 0 Å². The van der Waals surface area contributed by atoms with Gasteiger partial charge in [0.25, 0.3) is 0 Å². The lowest BCUT2D eigenvalue weighted by molar-refractivity contribution is 0.412. The van der Waals surface area contributed by atoms with Gasteiger partial charge in [0.15, 0.2) is 0 Å². The van der Waals surface area contributed by atoms with Gasteiger partial charge in [-0.05, 0) is 31.5 Å². The molecule has 0 fully saturated rings. The van der Waals surface area contributed by atoms with Crippen molar-refractivity contribution in [3.63, 3.8) is 0 Å². The molecule has 0 saturated carbocycles. The van der Waals surface area contributed by atoms with Gasteiger partial charge in [0.05, 0.1) is 7.11 Å². The molecule has 0 amide bonds. The van der Waals surface area contributed by atoms with Gasteiger partial charge in [0.2, 0.25) is 0 Å². The summed E-state index contributed by atoms with van der Waals surface area (Å²) in [6.07, 6.45) is 0.573. The average Bonchev–Trinajstić information content (AvgIpc) is 2.17. The Hall–Kier alpha value is -1.35. The third-order valence-electron chi connectivity index (χ3n) is 2.17. The summed E-state index contributed by atoms with van der Waals surface area (Å²) >= 11 is 0. The fourth-order valence-electron chi connectivity index (χ4n) is 1.42. The highest BCUT2D eigenvalue weighted by molar-refractivity contribution is 5.32. The Kier molecular flexibility index (Phi) is 3.86. The van der Waals surface area contributed by atoms with Crippen LogP contribution in [0.25, 0.3) is 0 Å². The molecular formula is C12H16FNO. The molecule has 0 aromatic heterocycles. The normalized spacial score (nSPS) is 12.3. The quantitative estimate of drug-likeness (QED) is 0.774. The smallest absolute Gasteiger partial charge is 0.128 e. The Morgan fingerprint density at radius 1 is 1.60 bits per heavy atom. The number of hydrogen-bond acceptors (Lipinski definition) is 2. The molecule has 0 spiro atoms. The van der Waals surface area contributed by atoms with Crippen LogP contribution in [0.2, 0.25) is 0 Å². The van der Waals surface area contributed by atoms with Crippen LogP contribution in [0.4, 0.5) is 4.39 Å². The van der Waals surface area contributed by atoms with Crippen molar-refractivity contribution in [2.24, 2.45) is 5.73 Å². The van der Waals surface area contributed by atoms with Crippen LogP contribution in [0.1, 0.15) is 24.9 Å². The molecule has 0 saturated heterocycles. The Balaban J connectivity index is 2.95. The third kappa shape index (κ3) is 3.06. The molecule has 0 bridgehead atoms. The topological polar surface area (TPSA) is 35.2 Å². The lowest BCUT2D eigenvalue weighted by atomic mass is 10.0. The van der Waals surface area contributed by atoms with Crippen LogP contribution in [-0.2, 0) is 0 Å². The molecule has 0 unspecified atom stereocenters. The van der Waals surface area contributed by atoms with Crippen LogP contribution in [0.3, 0.4) is 0 Å². The molecule has 1 rings (SSSR count). The molecule has 1 aromatic carbocycles. The molecule has 0 radical (unpaired) electrons. The van der Waals surface area contributed by atoms with E-state index in [9.17, 15) is 4.39 Å². The molecule has 0 aliphatic carbocycles. The molecule has 15 heavy (non-hydrogen) atoms. The van der Waals surface area contributed by atoms with Gasteiger partial charge in [0, 0.05) is 11.6 Å². The van der Waals surface area contributed by atoms with E-state index in [1.165, 1.54) is 6.07 Å². The van der Waals surface area contributed by atoms with E-state index in [0.29, 0.717) is 17.7 Å². The first-order valence-electron chi connectivity index (χ1n) is 4.78. The second kappa shape index (κ2) is 4.94. The zero-order chi connectivity index (χ0) is 11.4. The maximum absolute atomic E-state index is 13.4. The van der Waals surface area contributed by atoms with E-state index >= 15 is 0 Å². The summed E-state index contributed by atoms with van der Waals surface area (Å²) < 4.78 is 18.5. The molecule has 0 aliphatic heterocycles. The fraction of sp³-hybridized carbons (Fsp3) is 0.333. The molecule has 1 atom stereocenters. The molecule has 1 aromatic rings. The first-order valence-corrected chi connectivity index (χ1v) is 4.78. The van der Waals surface area contributed by atoms with Gasteiger partial charge in [-0.1, -0.05) is 5.57 Å². The van der Waals surface area contributed by atoms with Crippen LogP contribution in [0.5, 0.6) is 5.75 Å². The van der Waals surface area contributed by atoms with Gasteiger partial charge in [-0.25, -0.2) is 4.39 Å². The molecule has 2 nitrogen and oxygen atoms in total. The second-order valence-electron chi connectivity index (χ2n) is 3.66. The predicted molar refractivity (Wildman–Crippen MR) is 59.3 cm³/mol. The zero-order valence-corrected chi connectivity index (χ0v) is 9.09. The van der Waals surface area contributed by atoms with E-state index in [1.54, 1.807) is 19.2 Å². The summed E-state index contributed by atoms with van der Waals surface area (Å²) in [4.78, 5) is 0. The Bertz CT molecular complexity index is 363. The van der Waals surface area contributed by atoms with Crippen LogP contribution in [0.15, 0.2) is 30.4 Å². The van der Waals surface area contributed by atoms with E-state index in [1.807, 2.05) is 6.92 Å². The lowest BCUT2D eigenvalue weighted by Gasteiger charge is -2.13. The highest BCUT2D eigenvalue weighted by Gasteiger charge is 2.12. The first-order chi connectivity index (χ1) is 7.04. The Morgan fingerprint density at radius 2 is 2.27 bits per heavy atom. The number of hydrogen-bond donors (Lipinski definition) is 1. The van der Waals surface area contributed by atoms with Crippen molar-refractivity contribution in [3.8, 4) is 5.75 Å². The van der Waals surface area contributed by atoms with E-state index in [4.69, 9.17) is 10.5 Å². The highest BCUT2D eigenvalue weighted by atomic mass is 19.1. The lowest BCUT2D eigenvalue weighted by Crippen LogP contribution is -2.12. The minimum Gasteiger partial charge on any atom is -0.497 e. The van der Waals surface area contributed by atoms with E-state index in [2.05, 4.69) is 6.58 Å². The van der Waals surface area contributed by atoms with E-state index in [0.717, 1.165) is 5.57 Å². The number of halogens is 1. The van der Waals surface area contributed by atoms with E-state index in [-0.39, 0.29) is 11.9 Å². The number of methoxy groups -OCH3 is 1. The summed E-state index contributed by atoms with van der Waals surface area (Å²) in [6.45, 7) is 5.63. The minimum absolute atomic E-state index is 0.301. The van der Waals surface area contributed by atoms with Crippen molar-refractivity contribution in [1.29, 1.82) is 0 Å². The van der Waals surface area contributed by atoms with Crippen LogP contribution in [0, 0.1) is 5.82 Å². The molecule has 2 N–H and O–H groups in total. The predicted octanol–water partition coefficient (Wildman–Crippen LogP) is 2.80. The highest BCUT2D eigenvalue weighted by Crippen LogP contribution is 2.24. The number of rotatable bonds is 4. The molecule has 0 heterocycles. The Labute approximate surface area is 89.6 Å². The van der Waals surface area contributed by atoms with Crippen LogP contribution in [-0.4, -0.2) is 7.11 Å². The van der Waals surface area contributed by atoms with Crippen molar-refractivity contribution in [1.82, 2.24) is 0 Å². The monoisotopic (exact) mass is 209 g/mol. The Morgan fingerprint density at radius 3 is 2.80 bits per heavy atom. The number of nitrogens with two attached hydrogens (primary N) is 1. The molecule has 0 aliphatic rings. The first kappa shape index (κ1) is 11.7. The van der Waals surface area contributed by atoms with Crippen molar-refractivity contribution in [2.45, 2.75) is 19.4 Å². The van der Waals surface area contributed by atoms with Crippen molar-refractivity contribution in [3.05, 3.63) is 41.7 Å². The number of ether oxygens (including phenoxy) is 1. The maximum Gasteiger partial charge on any atom is 0.128 e. The number of benzene rings is 1. The van der Waals surface area contributed by atoms with Crippen molar-refractivity contribution in [2.75, 3.05) is 7.11 Å². The van der Waals surface area contributed by atoms with Gasteiger partial charge in [0.1, 0.15) is 11.6 Å². The van der Waals surface area contributed by atoms with Gasteiger partial charge in [-0.3, -0.25) is 0 Å². The zero-order valence-electron chi connectivity index (χ0n) is 9.09. The maximum atomic E-state index is 13.4. The SMILES string of the molecule is C=C(C)C[C@@H](N)c1cc(OC)ccc1F. The van der Waals surface area contributed by atoms with Gasteiger partial charge in [-0.2, -0.15) is 0 Å². The molecule has 82 valence electrons. The van der Waals surface area contributed by atoms with Crippen LogP contribution >= 0.6 is 0 Å². The summed E-state index contributed by atoms with van der Waals surface area (Å²) in [5.74, 6) is 0.313. The summed E-state index contributed by atoms with van der Waals surface area (Å²) in [7, 11) is 1.54. The fourth-order valence-corrected chi connectivity index (χ4v) is 1.42. The van der Waals surface area contributed by atoms with Crippen molar-refractivity contribution < 1.29 is 9.13 Å². The summed E-state index contributed by atoms with van der Waals surface area (Å²) in [5, 5.41) is 0. The molecular weight excluding hydrogens is 193 g/mol. The standard InChI is InChI=1S/C12H16FNO/c1-8(2)6-12(14)10-7-9(15-3)4-5-11(10)13/h4-5,7,12H,1,6,14H2,2-3H3/t12-/m1/s1. The largest absolute Gasteiger partial charge is 0.497 e. The van der Waals surface area contributed by atoms with Gasteiger partial charge < -0.3 is 10.5 Å². The second-order valence-corrected chi connectivity index (χ2v) is 3.66. The van der Waals surface area contributed by atoms with Gasteiger partial charge in [-0.15, -0.1) is 6.58 Å². The average molecular weight is 209 g/mol. The van der Waals surface area contributed by atoms with Crippen LogP contribution < -0.4 is 10.5 Å². The summed E-state index contributed by atoms with van der Waals surface area (Å²) in [6, 6.07) is 4.21. The van der Waals surface area contributed by atoms with Gasteiger partial charge >= 0.3 is 0 Å². The summed E-state index contributed by atoms with van der Waals surface area (Å²) in [5.41, 5.74) is 7.27. The van der Waals surface area contributed by atoms with Crippen molar-refractivity contribution >= 4 is 0 Å². The third-order valence-corrected chi connectivity index (χ3v) is 2.17. The molecule has 3 heteroatoms. The minimum atomic E-state index is -0.363.